The van der Waals surface area contributed by atoms with Crippen LogP contribution in [-0.2, 0) is 5.41 Å². The standard InChI is InChI=1S/C52H35N3/c1-5-15-36(16-6-1)37-25-27-38(28-26-37)39-29-31-41(32-30-39)50-53-49(40-17-7-2-8-18-40)54-51(55-50)42-33-34-46-45-23-13-14-24-47(45)52(48(46)35-42,43-19-9-3-10-20-43)44-21-11-4-12-22-44/h1-35H. The van der Waals surface area contributed by atoms with E-state index in [2.05, 4.69) is 188 Å². The molecule has 0 atom stereocenters. The Morgan fingerprint density at radius 1 is 0.255 bits per heavy atom. The Morgan fingerprint density at radius 3 is 1.13 bits per heavy atom. The number of rotatable bonds is 7. The van der Waals surface area contributed by atoms with E-state index in [1.54, 1.807) is 0 Å². The smallest absolute Gasteiger partial charge is 0.164 e. The molecule has 0 amide bonds. The number of benzene rings is 8. The lowest BCUT2D eigenvalue weighted by Gasteiger charge is -2.34. The van der Waals surface area contributed by atoms with Gasteiger partial charge in [0.25, 0.3) is 0 Å². The van der Waals surface area contributed by atoms with E-state index in [-0.39, 0.29) is 0 Å². The van der Waals surface area contributed by atoms with Crippen LogP contribution in [0.4, 0.5) is 0 Å². The molecule has 10 rings (SSSR count). The van der Waals surface area contributed by atoms with Gasteiger partial charge in [-0.2, -0.15) is 0 Å². The summed E-state index contributed by atoms with van der Waals surface area (Å²) in [6.45, 7) is 0. The van der Waals surface area contributed by atoms with Gasteiger partial charge in [0.15, 0.2) is 17.5 Å². The molecule has 0 spiro atoms. The molecule has 55 heavy (non-hydrogen) atoms. The highest BCUT2D eigenvalue weighted by atomic mass is 15.0. The van der Waals surface area contributed by atoms with Crippen LogP contribution in [0.5, 0.6) is 0 Å². The van der Waals surface area contributed by atoms with Crippen molar-refractivity contribution in [1.29, 1.82) is 0 Å². The molecule has 0 bridgehead atoms. The fourth-order valence-corrected chi connectivity index (χ4v) is 8.23. The largest absolute Gasteiger partial charge is 0.208 e. The fourth-order valence-electron chi connectivity index (χ4n) is 8.23. The van der Waals surface area contributed by atoms with Gasteiger partial charge in [0, 0.05) is 16.7 Å². The third-order valence-corrected chi connectivity index (χ3v) is 10.9. The van der Waals surface area contributed by atoms with Crippen LogP contribution in [0.1, 0.15) is 22.3 Å². The van der Waals surface area contributed by atoms with Crippen LogP contribution in [0.15, 0.2) is 212 Å². The third-order valence-electron chi connectivity index (χ3n) is 10.9. The van der Waals surface area contributed by atoms with E-state index in [0.717, 1.165) is 27.8 Å². The van der Waals surface area contributed by atoms with Gasteiger partial charge in [-0.3, -0.25) is 0 Å². The summed E-state index contributed by atoms with van der Waals surface area (Å²) in [4.78, 5) is 15.4. The first-order chi connectivity index (χ1) is 27.3. The summed E-state index contributed by atoms with van der Waals surface area (Å²) in [5.41, 5.74) is 14.4. The first-order valence-electron chi connectivity index (χ1n) is 18.7. The summed E-state index contributed by atoms with van der Waals surface area (Å²) in [6.07, 6.45) is 0. The number of nitrogens with zero attached hydrogens (tertiary/aromatic N) is 3. The average Bonchev–Trinajstić information content (AvgIpc) is 3.58. The summed E-state index contributed by atoms with van der Waals surface area (Å²) in [7, 11) is 0. The van der Waals surface area contributed by atoms with E-state index in [9.17, 15) is 0 Å². The van der Waals surface area contributed by atoms with Crippen molar-refractivity contribution in [2.45, 2.75) is 5.41 Å². The molecule has 1 aliphatic rings. The summed E-state index contributed by atoms with van der Waals surface area (Å²) in [5, 5.41) is 0. The maximum Gasteiger partial charge on any atom is 0.164 e. The van der Waals surface area contributed by atoms with Gasteiger partial charge in [-0.15, -0.1) is 0 Å². The van der Waals surface area contributed by atoms with Crippen molar-refractivity contribution in [1.82, 2.24) is 15.0 Å². The number of fused-ring (bicyclic) bond motifs is 3. The lowest BCUT2D eigenvalue weighted by atomic mass is 9.67. The lowest BCUT2D eigenvalue weighted by Crippen LogP contribution is -2.28. The summed E-state index contributed by atoms with van der Waals surface area (Å²) in [6, 6.07) is 75.2. The second-order valence-electron chi connectivity index (χ2n) is 14.0. The SMILES string of the molecule is c1ccc(-c2ccc(-c3ccc(-c4nc(-c5ccccc5)nc(-c5ccc6c(c5)C(c5ccccc5)(c5ccccc5)c5ccccc5-6)n4)cc3)cc2)cc1. The van der Waals surface area contributed by atoms with Crippen molar-refractivity contribution in [3.63, 3.8) is 0 Å². The molecule has 258 valence electrons. The van der Waals surface area contributed by atoms with E-state index >= 15 is 0 Å². The molecule has 1 aromatic heterocycles. The summed E-state index contributed by atoms with van der Waals surface area (Å²) in [5.74, 6) is 1.91. The molecule has 3 heteroatoms. The van der Waals surface area contributed by atoms with Crippen molar-refractivity contribution in [2.24, 2.45) is 0 Å². The van der Waals surface area contributed by atoms with Crippen LogP contribution >= 0.6 is 0 Å². The van der Waals surface area contributed by atoms with Gasteiger partial charge in [0.1, 0.15) is 0 Å². The minimum absolute atomic E-state index is 0.516. The molecule has 0 fully saturated rings. The van der Waals surface area contributed by atoms with Crippen LogP contribution < -0.4 is 0 Å². The van der Waals surface area contributed by atoms with Crippen molar-refractivity contribution >= 4 is 0 Å². The van der Waals surface area contributed by atoms with Crippen LogP contribution in [0.25, 0.3) is 67.5 Å². The molecule has 9 aromatic rings. The van der Waals surface area contributed by atoms with Crippen LogP contribution in [0, 0.1) is 0 Å². The molecule has 8 aromatic carbocycles. The Morgan fingerprint density at radius 2 is 0.600 bits per heavy atom. The minimum Gasteiger partial charge on any atom is -0.208 e. The first kappa shape index (κ1) is 32.4. The highest BCUT2D eigenvalue weighted by Crippen LogP contribution is 2.56. The molecular weight excluding hydrogens is 667 g/mol. The highest BCUT2D eigenvalue weighted by Gasteiger charge is 2.46. The zero-order valence-corrected chi connectivity index (χ0v) is 30.0. The predicted molar refractivity (Wildman–Crippen MR) is 224 cm³/mol. The van der Waals surface area contributed by atoms with Gasteiger partial charge >= 0.3 is 0 Å². The lowest BCUT2D eigenvalue weighted by molar-refractivity contribution is 0.768. The zero-order chi connectivity index (χ0) is 36.6. The van der Waals surface area contributed by atoms with E-state index in [1.807, 2.05) is 24.3 Å². The van der Waals surface area contributed by atoms with Crippen molar-refractivity contribution in [2.75, 3.05) is 0 Å². The first-order valence-corrected chi connectivity index (χ1v) is 18.7. The Balaban J connectivity index is 1.10. The average molecular weight is 702 g/mol. The van der Waals surface area contributed by atoms with E-state index < -0.39 is 5.41 Å². The molecule has 0 saturated heterocycles. The monoisotopic (exact) mass is 701 g/mol. The van der Waals surface area contributed by atoms with Gasteiger partial charge in [-0.1, -0.05) is 206 Å². The molecular formula is C52H35N3. The molecule has 1 heterocycles. The van der Waals surface area contributed by atoms with E-state index in [0.29, 0.717) is 17.5 Å². The molecule has 0 aliphatic heterocycles. The molecule has 0 unspecified atom stereocenters. The Labute approximate surface area is 321 Å². The van der Waals surface area contributed by atoms with Crippen LogP contribution in [-0.4, -0.2) is 15.0 Å². The second kappa shape index (κ2) is 13.6. The van der Waals surface area contributed by atoms with Crippen LogP contribution in [0.2, 0.25) is 0 Å². The summed E-state index contributed by atoms with van der Waals surface area (Å²) >= 11 is 0. The Hall–Kier alpha value is -7.23. The number of aromatic nitrogens is 3. The van der Waals surface area contributed by atoms with Gasteiger partial charge in [0.05, 0.1) is 5.41 Å². The Kier molecular flexibility index (Phi) is 8.04. The third kappa shape index (κ3) is 5.65. The topological polar surface area (TPSA) is 38.7 Å². The number of hydrogen-bond donors (Lipinski definition) is 0. The van der Waals surface area contributed by atoms with Gasteiger partial charge in [-0.25, -0.2) is 15.0 Å². The van der Waals surface area contributed by atoms with Gasteiger partial charge < -0.3 is 0 Å². The maximum absolute atomic E-state index is 5.19. The van der Waals surface area contributed by atoms with Crippen molar-refractivity contribution < 1.29 is 0 Å². The fraction of sp³-hybridized carbons (Fsp3) is 0.0192. The van der Waals surface area contributed by atoms with Crippen molar-refractivity contribution in [3.8, 4) is 67.5 Å². The van der Waals surface area contributed by atoms with Crippen LogP contribution in [0.3, 0.4) is 0 Å². The minimum atomic E-state index is -0.516. The van der Waals surface area contributed by atoms with Gasteiger partial charge in [-0.05, 0) is 61.7 Å². The number of hydrogen-bond acceptors (Lipinski definition) is 3. The molecule has 0 radical (unpaired) electrons. The van der Waals surface area contributed by atoms with E-state index in [4.69, 9.17) is 15.0 Å². The molecule has 3 nitrogen and oxygen atoms in total. The Bertz CT molecular complexity index is 2720. The second-order valence-corrected chi connectivity index (χ2v) is 14.0. The summed E-state index contributed by atoms with van der Waals surface area (Å²) < 4.78 is 0. The zero-order valence-electron chi connectivity index (χ0n) is 30.0. The highest BCUT2D eigenvalue weighted by molar-refractivity contribution is 5.88. The quantitative estimate of drug-likeness (QED) is 0.166. The molecule has 0 saturated carbocycles. The molecule has 1 aliphatic carbocycles. The predicted octanol–water partition coefficient (Wildman–Crippen LogP) is 12.6. The normalized spacial score (nSPS) is 12.5. The van der Waals surface area contributed by atoms with Crippen molar-refractivity contribution in [3.05, 3.63) is 235 Å². The van der Waals surface area contributed by atoms with Gasteiger partial charge in [0.2, 0.25) is 0 Å². The maximum atomic E-state index is 5.19. The molecule has 0 N–H and O–H groups in total. The van der Waals surface area contributed by atoms with E-state index in [1.165, 1.54) is 44.5 Å².